The van der Waals surface area contributed by atoms with Crippen LogP contribution in [-0.2, 0) is 11.2 Å². The third-order valence-electron chi connectivity index (χ3n) is 4.18. The number of aromatic amines is 1. The molecule has 2 heterocycles. The van der Waals surface area contributed by atoms with Gasteiger partial charge in [0.2, 0.25) is 5.91 Å². The third kappa shape index (κ3) is 2.99. The topological polar surface area (TPSA) is 79.3 Å². The van der Waals surface area contributed by atoms with Crippen molar-refractivity contribution < 1.29 is 4.79 Å². The van der Waals surface area contributed by atoms with Crippen molar-refractivity contribution in [3.05, 3.63) is 33.9 Å². The molecule has 0 unspecified atom stereocenters. The van der Waals surface area contributed by atoms with Gasteiger partial charge in [-0.1, -0.05) is 13.8 Å². The maximum absolute atomic E-state index is 12.4. The van der Waals surface area contributed by atoms with E-state index in [1.807, 2.05) is 20.8 Å². The van der Waals surface area contributed by atoms with Gasteiger partial charge in [0.25, 0.3) is 5.56 Å². The number of hydrogen-bond donors (Lipinski definition) is 2. The van der Waals surface area contributed by atoms with Crippen molar-refractivity contribution >= 4 is 11.6 Å². The summed E-state index contributed by atoms with van der Waals surface area (Å²) in [6, 6.07) is 1.73. The van der Waals surface area contributed by atoms with E-state index in [9.17, 15) is 9.59 Å². The lowest BCUT2D eigenvalue weighted by atomic mass is 9.95. The highest BCUT2D eigenvalue weighted by Gasteiger charge is 2.23. The molecule has 0 aliphatic rings. The zero-order chi connectivity index (χ0) is 15.6. The van der Waals surface area contributed by atoms with Crippen LogP contribution in [0.1, 0.15) is 44.9 Å². The van der Waals surface area contributed by atoms with E-state index in [0.717, 1.165) is 12.8 Å². The number of carbonyl (C=O) groups excluding carboxylic acids is 1. The summed E-state index contributed by atoms with van der Waals surface area (Å²) in [5.74, 6) is -0.144. The molecule has 0 bridgehead atoms. The van der Waals surface area contributed by atoms with Crippen LogP contribution >= 0.6 is 0 Å². The molecule has 2 aromatic heterocycles. The van der Waals surface area contributed by atoms with E-state index < -0.39 is 0 Å². The standard InChI is InChI=1S/C15H22N4O2/c1-5-15(4,6-2)18-13(20)9-11-10(3)17-12-7-8-16-19(12)14(11)21/h7-8,16H,5-6,9H2,1-4H3,(H,18,20). The first-order chi connectivity index (χ1) is 9.90. The molecule has 0 aliphatic carbocycles. The maximum Gasteiger partial charge on any atom is 0.276 e. The van der Waals surface area contributed by atoms with Crippen molar-refractivity contribution in [2.24, 2.45) is 0 Å². The number of carbonyl (C=O) groups is 1. The summed E-state index contributed by atoms with van der Waals surface area (Å²) in [7, 11) is 0. The quantitative estimate of drug-likeness (QED) is 0.877. The second-order valence-electron chi connectivity index (χ2n) is 5.63. The second-order valence-corrected chi connectivity index (χ2v) is 5.63. The molecule has 6 nitrogen and oxygen atoms in total. The number of aromatic nitrogens is 3. The Hall–Kier alpha value is -2.11. The van der Waals surface area contributed by atoms with Gasteiger partial charge in [0.15, 0.2) is 5.65 Å². The summed E-state index contributed by atoms with van der Waals surface area (Å²) in [5, 5.41) is 5.82. The highest BCUT2D eigenvalue weighted by atomic mass is 16.2. The van der Waals surface area contributed by atoms with Gasteiger partial charge in [-0.15, -0.1) is 0 Å². The molecular weight excluding hydrogens is 268 g/mol. The minimum Gasteiger partial charge on any atom is -0.351 e. The van der Waals surface area contributed by atoms with Gasteiger partial charge in [-0.2, -0.15) is 0 Å². The van der Waals surface area contributed by atoms with Crippen LogP contribution in [0.3, 0.4) is 0 Å². The second kappa shape index (κ2) is 5.71. The number of hydrogen-bond acceptors (Lipinski definition) is 3. The summed E-state index contributed by atoms with van der Waals surface area (Å²) >= 11 is 0. The van der Waals surface area contributed by atoms with Gasteiger partial charge in [0.1, 0.15) is 0 Å². The molecule has 0 saturated carbocycles. The molecule has 0 radical (unpaired) electrons. The maximum atomic E-state index is 12.4. The Morgan fingerprint density at radius 2 is 2.10 bits per heavy atom. The molecule has 0 aliphatic heterocycles. The van der Waals surface area contributed by atoms with Crippen LogP contribution in [0.25, 0.3) is 5.65 Å². The molecule has 21 heavy (non-hydrogen) atoms. The zero-order valence-electron chi connectivity index (χ0n) is 13.0. The molecule has 0 atom stereocenters. The van der Waals surface area contributed by atoms with Crippen LogP contribution in [0.4, 0.5) is 0 Å². The number of fused-ring (bicyclic) bond motifs is 1. The lowest BCUT2D eigenvalue weighted by Gasteiger charge is -2.28. The van der Waals surface area contributed by atoms with E-state index in [2.05, 4.69) is 15.4 Å². The van der Waals surface area contributed by atoms with Crippen LogP contribution in [-0.4, -0.2) is 26.0 Å². The molecule has 1 amide bonds. The van der Waals surface area contributed by atoms with Crippen molar-refractivity contribution in [2.75, 3.05) is 0 Å². The van der Waals surface area contributed by atoms with Crippen molar-refractivity contribution in [1.29, 1.82) is 0 Å². The summed E-state index contributed by atoms with van der Waals surface area (Å²) in [4.78, 5) is 28.9. The van der Waals surface area contributed by atoms with Crippen molar-refractivity contribution in [3.8, 4) is 0 Å². The van der Waals surface area contributed by atoms with Gasteiger partial charge in [-0.25, -0.2) is 9.50 Å². The lowest BCUT2D eigenvalue weighted by Crippen LogP contribution is -2.46. The number of nitrogens with one attached hydrogen (secondary N) is 2. The molecule has 2 rings (SSSR count). The number of aryl methyl sites for hydroxylation is 1. The summed E-state index contributed by atoms with van der Waals surface area (Å²) < 4.78 is 1.36. The Morgan fingerprint density at radius 3 is 2.71 bits per heavy atom. The summed E-state index contributed by atoms with van der Waals surface area (Å²) in [5.41, 5.74) is 1.15. The van der Waals surface area contributed by atoms with E-state index in [1.165, 1.54) is 4.52 Å². The first kappa shape index (κ1) is 15.3. The zero-order valence-corrected chi connectivity index (χ0v) is 13.0. The normalized spacial score (nSPS) is 11.8. The fourth-order valence-electron chi connectivity index (χ4n) is 2.28. The molecular formula is C15H22N4O2. The Morgan fingerprint density at radius 1 is 1.43 bits per heavy atom. The predicted octanol–water partition coefficient (Wildman–Crippen LogP) is 1.57. The van der Waals surface area contributed by atoms with Crippen LogP contribution in [0, 0.1) is 6.92 Å². The highest BCUT2D eigenvalue weighted by molar-refractivity contribution is 5.79. The van der Waals surface area contributed by atoms with Gasteiger partial charge in [-0.05, 0) is 26.7 Å². The van der Waals surface area contributed by atoms with E-state index in [-0.39, 0.29) is 23.4 Å². The van der Waals surface area contributed by atoms with Crippen molar-refractivity contribution in [3.63, 3.8) is 0 Å². The molecule has 0 spiro atoms. The molecule has 2 N–H and O–H groups in total. The molecule has 114 valence electrons. The van der Waals surface area contributed by atoms with Crippen molar-refractivity contribution in [2.45, 2.75) is 52.5 Å². The minimum absolute atomic E-state index is 0.0508. The summed E-state index contributed by atoms with van der Waals surface area (Å²) in [6.07, 6.45) is 3.40. The first-order valence-corrected chi connectivity index (χ1v) is 7.27. The number of rotatable bonds is 5. The van der Waals surface area contributed by atoms with Crippen LogP contribution in [0.2, 0.25) is 0 Å². The SMILES string of the molecule is CCC(C)(CC)NC(=O)Cc1c(C)nc2cc[nH]n2c1=O. The van der Waals surface area contributed by atoms with Crippen LogP contribution in [0.5, 0.6) is 0 Å². The molecule has 0 saturated heterocycles. The van der Waals surface area contributed by atoms with Crippen LogP contribution in [0.15, 0.2) is 17.1 Å². The van der Waals surface area contributed by atoms with Gasteiger partial charge in [-0.3, -0.25) is 14.7 Å². The molecule has 0 fully saturated rings. The van der Waals surface area contributed by atoms with E-state index in [0.29, 0.717) is 16.9 Å². The average molecular weight is 290 g/mol. The third-order valence-corrected chi connectivity index (χ3v) is 4.18. The first-order valence-electron chi connectivity index (χ1n) is 7.27. The lowest BCUT2D eigenvalue weighted by molar-refractivity contribution is -0.122. The number of H-pyrrole nitrogens is 1. The monoisotopic (exact) mass is 290 g/mol. The Kier molecular flexibility index (Phi) is 4.16. The van der Waals surface area contributed by atoms with E-state index in [4.69, 9.17) is 0 Å². The average Bonchev–Trinajstić information content (AvgIpc) is 2.91. The Labute approximate surface area is 123 Å². The van der Waals surface area contributed by atoms with Crippen LogP contribution < -0.4 is 10.9 Å². The fraction of sp³-hybridized carbons (Fsp3) is 0.533. The highest BCUT2D eigenvalue weighted by Crippen LogP contribution is 2.14. The Bertz CT molecular complexity index is 710. The number of nitrogens with zero attached hydrogens (tertiary/aromatic N) is 2. The summed E-state index contributed by atoms with van der Waals surface area (Å²) in [6.45, 7) is 7.85. The Balaban J connectivity index is 2.27. The van der Waals surface area contributed by atoms with Gasteiger partial charge in [0.05, 0.1) is 6.42 Å². The van der Waals surface area contributed by atoms with E-state index >= 15 is 0 Å². The molecule has 6 heteroatoms. The fourth-order valence-corrected chi connectivity index (χ4v) is 2.28. The largest absolute Gasteiger partial charge is 0.351 e. The minimum atomic E-state index is -0.231. The van der Waals surface area contributed by atoms with E-state index in [1.54, 1.807) is 19.2 Å². The van der Waals surface area contributed by atoms with Gasteiger partial charge < -0.3 is 5.32 Å². The molecule has 0 aromatic carbocycles. The van der Waals surface area contributed by atoms with Crippen molar-refractivity contribution in [1.82, 2.24) is 19.9 Å². The van der Waals surface area contributed by atoms with Gasteiger partial charge in [0, 0.05) is 29.1 Å². The number of amides is 1. The predicted molar refractivity (Wildman–Crippen MR) is 81.4 cm³/mol. The molecule has 2 aromatic rings. The smallest absolute Gasteiger partial charge is 0.276 e. The van der Waals surface area contributed by atoms with Gasteiger partial charge >= 0.3 is 0 Å².